The number of likely N-dealkylation sites (tertiary alicyclic amines) is 1. The zero-order valence-electron chi connectivity index (χ0n) is 35.1. The van der Waals surface area contributed by atoms with Crippen LogP contribution in [0.3, 0.4) is 0 Å². The van der Waals surface area contributed by atoms with Gasteiger partial charge in [0.2, 0.25) is 5.91 Å². The van der Waals surface area contributed by atoms with Crippen LogP contribution in [-0.2, 0) is 11.8 Å². The van der Waals surface area contributed by atoms with Gasteiger partial charge in [-0.1, -0.05) is 6.92 Å². The number of rotatable bonds is 10. The first kappa shape index (κ1) is 41.8. The standard InChI is InChI=1S/C45H50F2N10O4S/c1-4-53(2)62-52-38-12-10-35(46)41(34(38)25-48)61-30-9-11-37-32(21-30)43(59)57(26-49-37)29-13-15-45(24-29)16-19-55(20-17-45)28-7-5-27(6-8-28)31-23-39-33(22-36(31)47)42(51-54(39)3)56-18-14-40(58)50-44(56)60/h9-12,21-23,26-29,52H,4-8,13-20,24H2,1-3H3,(H,50,58,60). The predicted molar refractivity (Wildman–Crippen MR) is 234 cm³/mol. The first-order valence-electron chi connectivity index (χ1n) is 21.5. The summed E-state index contributed by atoms with van der Waals surface area (Å²) in [6.07, 6.45) is 10.5. The van der Waals surface area contributed by atoms with Crippen LogP contribution in [0.25, 0.3) is 21.8 Å². The number of carbonyl (C=O) groups is 2. The normalized spacial score (nSPS) is 21.8. The number of amides is 3. The van der Waals surface area contributed by atoms with Crippen molar-refractivity contribution < 1.29 is 23.1 Å². The minimum absolute atomic E-state index is 0.0130. The third-order valence-electron chi connectivity index (χ3n) is 13.8. The topological polar surface area (TPSA) is 154 Å². The Morgan fingerprint density at radius 2 is 1.77 bits per heavy atom. The Morgan fingerprint density at radius 3 is 2.52 bits per heavy atom. The van der Waals surface area contributed by atoms with Crippen LogP contribution in [0.1, 0.15) is 94.2 Å². The molecule has 2 saturated carbocycles. The predicted octanol–water partition coefficient (Wildman–Crippen LogP) is 8.13. The van der Waals surface area contributed by atoms with Gasteiger partial charge in [0.1, 0.15) is 23.2 Å². The van der Waals surface area contributed by atoms with E-state index in [0.29, 0.717) is 39.4 Å². The van der Waals surface area contributed by atoms with Crippen molar-refractivity contribution >= 4 is 57.4 Å². The molecule has 2 aliphatic carbocycles. The van der Waals surface area contributed by atoms with Crippen LogP contribution in [-0.4, -0.2) is 79.7 Å². The van der Waals surface area contributed by atoms with Crippen molar-refractivity contribution in [1.29, 1.82) is 5.26 Å². The number of urea groups is 1. The second kappa shape index (κ2) is 16.9. The van der Waals surface area contributed by atoms with Gasteiger partial charge in [-0.25, -0.2) is 22.9 Å². The molecule has 2 saturated heterocycles. The second-order valence-electron chi connectivity index (χ2n) is 17.3. The molecule has 4 fully saturated rings. The maximum Gasteiger partial charge on any atom is 0.329 e. The first-order chi connectivity index (χ1) is 29.9. The van der Waals surface area contributed by atoms with Gasteiger partial charge < -0.3 is 14.4 Å². The van der Waals surface area contributed by atoms with Crippen molar-refractivity contribution in [2.75, 3.05) is 42.8 Å². The number of anilines is 2. The van der Waals surface area contributed by atoms with E-state index in [1.807, 2.05) is 24.3 Å². The molecule has 14 nitrogen and oxygen atoms in total. The molecular formula is C45H50F2N10O4S. The van der Waals surface area contributed by atoms with Gasteiger partial charge in [-0.2, -0.15) is 10.4 Å². The zero-order valence-corrected chi connectivity index (χ0v) is 35.9. The van der Waals surface area contributed by atoms with Crippen LogP contribution in [0.5, 0.6) is 11.5 Å². The number of nitrogens with zero attached hydrogens (tertiary/aromatic N) is 8. The number of carbonyl (C=O) groups excluding carboxylic acids is 2. The summed E-state index contributed by atoms with van der Waals surface area (Å²) < 4.78 is 45.4. The molecule has 1 atom stereocenters. The largest absolute Gasteiger partial charge is 0.453 e. The van der Waals surface area contributed by atoms with Crippen molar-refractivity contribution in [3.63, 3.8) is 0 Å². The third-order valence-corrected chi connectivity index (χ3v) is 14.7. The number of imide groups is 1. The third kappa shape index (κ3) is 7.88. The van der Waals surface area contributed by atoms with Crippen molar-refractivity contribution in [2.45, 2.75) is 89.1 Å². The highest BCUT2D eigenvalue weighted by molar-refractivity contribution is 7.98. The zero-order chi connectivity index (χ0) is 43.3. The summed E-state index contributed by atoms with van der Waals surface area (Å²) in [5.41, 5.74) is 2.39. The Bertz CT molecular complexity index is 2670. The fraction of sp³-hybridized carbons (Fsp3) is 0.467. The molecular weight excluding hydrogens is 815 g/mol. The molecule has 1 spiro atoms. The molecule has 0 radical (unpaired) electrons. The summed E-state index contributed by atoms with van der Waals surface area (Å²) in [6, 6.07) is 13.0. The Hall–Kier alpha value is -5.57. The van der Waals surface area contributed by atoms with Crippen molar-refractivity contribution in [2.24, 2.45) is 12.5 Å². The molecule has 324 valence electrons. The van der Waals surface area contributed by atoms with Crippen LogP contribution in [0.2, 0.25) is 0 Å². The summed E-state index contributed by atoms with van der Waals surface area (Å²) in [4.78, 5) is 47.0. The van der Waals surface area contributed by atoms with Gasteiger partial charge in [0.05, 0.1) is 28.4 Å². The number of benzene rings is 3. The lowest BCUT2D eigenvalue weighted by Crippen LogP contribution is -2.49. The second-order valence-corrected chi connectivity index (χ2v) is 18.3. The van der Waals surface area contributed by atoms with Gasteiger partial charge in [-0.3, -0.25) is 29.1 Å². The summed E-state index contributed by atoms with van der Waals surface area (Å²) >= 11 is 1.29. The molecule has 4 aliphatic rings. The van der Waals surface area contributed by atoms with Gasteiger partial charge in [-0.15, -0.1) is 0 Å². The molecule has 17 heteroatoms. The van der Waals surface area contributed by atoms with E-state index in [1.165, 1.54) is 35.2 Å². The van der Waals surface area contributed by atoms with Gasteiger partial charge >= 0.3 is 6.03 Å². The number of fused-ring (bicyclic) bond motifs is 2. The molecule has 3 amide bonds. The van der Waals surface area contributed by atoms with Gasteiger partial charge in [0.15, 0.2) is 17.4 Å². The summed E-state index contributed by atoms with van der Waals surface area (Å²) in [6.45, 7) is 4.94. The first-order valence-corrected chi connectivity index (χ1v) is 22.3. The van der Waals surface area contributed by atoms with Gasteiger partial charge in [0, 0.05) is 56.2 Å². The highest BCUT2D eigenvalue weighted by atomic mass is 32.2. The highest BCUT2D eigenvalue weighted by Crippen LogP contribution is 2.51. The van der Waals surface area contributed by atoms with Crippen molar-refractivity contribution in [3.05, 3.63) is 81.9 Å². The number of nitrogens with one attached hydrogen (secondary N) is 2. The van der Waals surface area contributed by atoms with E-state index in [4.69, 9.17) is 4.74 Å². The van der Waals surface area contributed by atoms with E-state index in [-0.39, 0.29) is 64.7 Å². The summed E-state index contributed by atoms with van der Waals surface area (Å²) in [5.74, 6) is -0.825. The van der Waals surface area contributed by atoms with E-state index in [1.54, 1.807) is 40.8 Å². The molecule has 0 bridgehead atoms. The number of nitriles is 1. The molecule has 5 aromatic rings. The van der Waals surface area contributed by atoms with E-state index in [9.17, 15) is 19.6 Å². The number of halogens is 2. The number of hydrogen-bond acceptors (Lipinski definition) is 11. The lowest BCUT2D eigenvalue weighted by molar-refractivity contribution is -0.120. The molecule has 1 unspecified atom stereocenters. The molecule has 2 N–H and O–H groups in total. The Labute approximate surface area is 362 Å². The minimum atomic E-state index is -0.683. The van der Waals surface area contributed by atoms with E-state index >= 15 is 8.78 Å². The average molecular weight is 865 g/mol. The van der Waals surface area contributed by atoms with Crippen LogP contribution in [0.15, 0.2) is 53.6 Å². The quantitative estimate of drug-likeness (QED) is 0.131. The fourth-order valence-corrected chi connectivity index (χ4v) is 10.7. The van der Waals surface area contributed by atoms with E-state index < -0.39 is 11.8 Å². The van der Waals surface area contributed by atoms with Crippen LogP contribution < -0.4 is 25.2 Å². The lowest BCUT2D eigenvalue weighted by Gasteiger charge is -2.45. The maximum absolute atomic E-state index is 15.8. The summed E-state index contributed by atoms with van der Waals surface area (Å²) in [7, 11) is 3.69. The minimum Gasteiger partial charge on any atom is -0.453 e. The Balaban J connectivity index is 0.826. The number of piperidine rings is 1. The van der Waals surface area contributed by atoms with E-state index in [0.717, 1.165) is 82.9 Å². The molecule has 62 heavy (non-hydrogen) atoms. The number of aryl methyl sites for hydroxylation is 1. The fourth-order valence-electron chi connectivity index (χ4n) is 10.1. The molecule has 2 aromatic heterocycles. The smallest absolute Gasteiger partial charge is 0.329 e. The highest BCUT2D eigenvalue weighted by Gasteiger charge is 2.43. The van der Waals surface area contributed by atoms with Crippen molar-refractivity contribution in [3.8, 4) is 17.6 Å². The summed E-state index contributed by atoms with van der Waals surface area (Å²) in [5, 5.41) is 17.8. The maximum atomic E-state index is 15.8. The Morgan fingerprint density at radius 1 is 0.984 bits per heavy atom. The monoisotopic (exact) mass is 864 g/mol. The molecule has 9 rings (SSSR count). The van der Waals surface area contributed by atoms with Crippen LogP contribution in [0.4, 0.5) is 25.1 Å². The SMILES string of the molecule is CCN(C)SNc1ccc(F)c(Oc2ccc3ncn(C4CCC5(CCN(C6CCC(c7cc8c(cc7F)c(N7CCC(=O)NC7=O)nn8C)CC6)CC5)C4)c(=O)c3c2)c1C#N. The number of hydrogen-bond donors (Lipinski definition) is 2. The van der Waals surface area contributed by atoms with E-state index in [2.05, 4.69) is 31.1 Å². The Kier molecular flexibility index (Phi) is 11.4. The lowest BCUT2D eigenvalue weighted by atomic mass is 9.75. The molecule has 4 heterocycles. The average Bonchev–Trinajstić information content (AvgIpc) is 3.83. The van der Waals surface area contributed by atoms with Crippen LogP contribution >= 0.6 is 12.1 Å². The molecule has 3 aromatic carbocycles. The number of aromatic nitrogens is 4. The molecule has 2 aliphatic heterocycles. The van der Waals surface area contributed by atoms with Gasteiger partial charge in [0.25, 0.3) is 5.56 Å². The van der Waals surface area contributed by atoms with Gasteiger partial charge in [-0.05, 0) is 137 Å². The van der Waals surface area contributed by atoms with Crippen molar-refractivity contribution in [1.82, 2.24) is 33.9 Å². The number of ether oxygens (including phenoxy) is 1. The van der Waals surface area contributed by atoms with Crippen LogP contribution in [0, 0.1) is 28.4 Å².